The molecule has 0 bridgehead atoms. The molecule has 2 heterocycles. The van der Waals surface area contributed by atoms with Gasteiger partial charge in [0.15, 0.2) is 5.82 Å². The number of aryl methyl sites for hydroxylation is 1. The summed E-state index contributed by atoms with van der Waals surface area (Å²) in [6.07, 6.45) is 0. The highest BCUT2D eigenvalue weighted by Gasteiger charge is 2.04. The highest BCUT2D eigenvalue weighted by atomic mass is 35.5. The molecule has 5 nitrogen and oxygen atoms in total. The zero-order valence-electron chi connectivity index (χ0n) is 10.8. The largest absolute Gasteiger partial charge is 0.374 e. The molecule has 2 aromatic heterocycles. The van der Waals surface area contributed by atoms with Gasteiger partial charge in [-0.05, 0) is 13.8 Å². The van der Waals surface area contributed by atoms with Crippen molar-refractivity contribution >= 4 is 28.8 Å². The summed E-state index contributed by atoms with van der Waals surface area (Å²) in [5, 5.41) is 6.66. The summed E-state index contributed by atoms with van der Waals surface area (Å²) in [5.74, 6) is 1.26. The number of hydrogen-bond donors (Lipinski definition) is 1. The second-order valence-corrected chi connectivity index (χ2v) is 5.29. The van der Waals surface area contributed by atoms with Crippen molar-refractivity contribution in [2.24, 2.45) is 0 Å². The van der Waals surface area contributed by atoms with E-state index in [9.17, 15) is 0 Å². The summed E-state index contributed by atoms with van der Waals surface area (Å²) < 4.78 is 5.27. The van der Waals surface area contributed by atoms with Gasteiger partial charge in [0.2, 0.25) is 0 Å². The van der Waals surface area contributed by atoms with Crippen molar-refractivity contribution in [3.8, 4) is 0 Å². The number of anilines is 1. The fraction of sp³-hybridized carbons (Fsp3) is 0.417. The first-order chi connectivity index (χ1) is 9.17. The number of rotatable bonds is 6. The standard InChI is InChI=1S/C12H15ClN4OS/c1-3-18-6-12-16-10(13)4-11(17-12)14-5-9-7-19-8(2)15-9/h4,7H,3,5-6H2,1-2H3,(H,14,16,17). The summed E-state index contributed by atoms with van der Waals surface area (Å²) >= 11 is 7.58. The van der Waals surface area contributed by atoms with Crippen LogP contribution < -0.4 is 5.32 Å². The van der Waals surface area contributed by atoms with Gasteiger partial charge in [0, 0.05) is 18.1 Å². The predicted octanol–water partition coefficient (Wildman–Crippen LogP) is 3.04. The topological polar surface area (TPSA) is 59.9 Å². The van der Waals surface area contributed by atoms with Crippen molar-refractivity contribution in [1.29, 1.82) is 0 Å². The fourth-order valence-corrected chi connectivity index (χ4v) is 2.30. The maximum absolute atomic E-state index is 5.95. The van der Waals surface area contributed by atoms with Crippen LogP contribution in [0, 0.1) is 6.92 Å². The van der Waals surface area contributed by atoms with E-state index in [2.05, 4.69) is 20.3 Å². The Morgan fingerprint density at radius 1 is 1.37 bits per heavy atom. The Hall–Kier alpha value is -1.24. The quantitative estimate of drug-likeness (QED) is 0.831. The maximum Gasteiger partial charge on any atom is 0.158 e. The molecule has 0 fully saturated rings. The number of nitrogens with zero attached hydrogens (tertiary/aromatic N) is 3. The Morgan fingerprint density at radius 2 is 2.21 bits per heavy atom. The molecule has 2 aromatic rings. The van der Waals surface area contributed by atoms with Gasteiger partial charge >= 0.3 is 0 Å². The molecule has 0 atom stereocenters. The zero-order chi connectivity index (χ0) is 13.7. The van der Waals surface area contributed by atoms with Crippen LogP contribution in [0.5, 0.6) is 0 Å². The maximum atomic E-state index is 5.95. The number of hydrogen-bond acceptors (Lipinski definition) is 6. The van der Waals surface area contributed by atoms with E-state index < -0.39 is 0 Å². The van der Waals surface area contributed by atoms with E-state index in [1.165, 1.54) is 0 Å². The van der Waals surface area contributed by atoms with Crippen molar-refractivity contribution in [2.75, 3.05) is 11.9 Å². The van der Waals surface area contributed by atoms with Crippen LogP contribution in [-0.4, -0.2) is 21.6 Å². The Bertz CT molecular complexity index is 546. The summed E-state index contributed by atoms with van der Waals surface area (Å²) in [7, 11) is 0. The Morgan fingerprint density at radius 3 is 2.89 bits per heavy atom. The normalized spacial score (nSPS) is 10.7. The van der Waals surface area contributed by atoms with Crippen LogP contribution in [0.4, 0.5) is 5.82 Å². The zero-order valence-corrected chi connectivity index (χ0v) is 12.4. The number of halogens is 1. The van der Waals surface area contributed by atoms with Gasteiger partial charge in [-0.2, -0.15) is 0 Å². The lowest BCUT2D eigenvalue weighted by atomic mass is 10.4. The van der Waals surface area contributed by atoms with Gasteiger partial charge in [-0.25, -0.2) is 15.0 Å². The third kappa shape index (κ3) is 4.41. The minimum Gasteiger partial charge on any atom is -0.374 e. The lowest BCUT2D eigenvalue weighted by Gasteiger charge is -2.06. The number of nitrogens with one attached hydrogen (secondary N) is 1. The number of thiazole rings is 1. The van der Waals surface area contributed by atoms with Crippen LogP contribution in [0.2, 0.25) is 5.15 Å². The van der Waals surface area contributed by atoms with Crippen LogP contribution in [-0.2, 0) is 17.9 Å². The molecule has 19 heavy (non-hydrogen) atoms. The fourth-order valence-electron chi connectivity index (χ4n) is 1.48. The molecular weight excluding hydrogens is 284 g/mol. The second kappa shape index (κ2) is 6.79. The molecule has 0 amide bonds. The molecule has 0 unspecified atom stereocenters. The molecule has 2 rings (SSSR count). The molecule has 7 heteroatoms. The summed E-state index contributed by atoms with van der Waals surface area (Å²) in [5.41, 5.74) is 0.989. The second-order valence-electron chi connectivity index (χ2n) is 3.84. The molecule has 0 aliphatic rings. The first kappa shape index (κ1) is 14.2. The van der Waals surface area contributed by atoms with Crippen molar-refractivity contribution in [3.05, 3.63) is 33.1 Å². The Balaban J connectivity index is 2.01. The minimum absolute atomic E-state index is 0.363. The average molecular weight is 299 g/mol. The van der Waals surface area contributed by atoms with Crippen LogP contribution >= 0.6 is 22.9 Å². The van der Waals surface area contributed by atoms with E-state index in [0.29, 0.717) is 36.6 Å². The molecule has 0 aromatic carbocycles. The number of aromatic nitrogens is 3. The van der Waals surface area contributed by atoms with Gasteiger partial charge in [-0.1, -0.05) is 11.6 Å². The van der Waals surface area contributed by atoms with E-state index >= 15 is 0 Å². The van der Waals surface area contributed by atoms with Gasteiger partial charge in [0.1, 0.15) is 17.6 Å². The SMILES string of the molecule is CCOCc1nc(Cl)cc(NCc2csc(C)n2)n1. The van der Waals surface area contributed by atoms with Gasteiger partial charge in [0.05, 0.1) is 17.2 Å². The van der Waals surface area contributed by atoms with E-state index in [0.717, 1.165) is 10.7 Å². The molecule has 0 radical (unpaired) electrons. The molecule has 0 saturated heterocycles. The van der Waals surface area contributed by atoms with Crippen LogP contribution in [0.25, 0.3) is 0 Å². The van der Waals surface area contributed by atoms with E-state index in [1.54, 1.807) is 17.4 Å². The van der Waals surface area contributed by atoms with Crippen molar-refractivity contribution in [3.63, 3.8) is 0 Å². The number of ether oxygens (including phenoxy) is 1. The first-order valence-electron chi connectivity index (χ1n) is 5.93. The molecule has 0 aliphatic carbocycles. The van der Waals surface area contributed by atoms with Crippen molar-refractivity contribution in [1.82, 2.24) is 15.0 Å². The molecule has 102 valence electrons. The summed E-state index contributed by atoms with van der Waals surface area (Å²) in [6.45, 7) is 5.51. The van der Waals surface area contributed by atoms with Crippen molar-refractivity contribution < 1.29 is 4.74 Å². The molecule has 1 N–H and O–H groups in total. The van der Waals surface area contributed by atoms with E-state index in [4.69, 9.17) is 16.3 Å². The molecule has 0 aliphatic heterocycles. The third-order valence-electron chi connectivity index (χ3n) is 2.29. The molecule has 0 saturated carbocycles. The smallest absolute Gasteiger partial charge is 0.158 e. The van der Waals surface area contributed by atoms with Crippen LogP contribution in [0.15, 0.2) is 11.4 Å². The monoisotopic (exact) mass is 298 g/mol. The Kier molecular flexibility index (Phi) is 5.07. The third-order valence-corrected chi connectivity index (χ3v) is 3.31. The molecular formula is C12H15ClN4OS. The lowest BCUT2D eigenvalue weighted by molar-refractivity contribution is 0.128. The van der Waals surface area contributed by atoms with E-state index in [-0.39, 0.29) is 0 Å². The van der Waals surface area contributed by atoms with Crippen LogP contribution in [0.1, 0.15) is 23.4 Å². The lowest BCUT2D eigenvalue weighted by Crippen LogP contribution is -2.06. The predicted molar refractivity (Wildman–Crippen MR) is 76.5 cm³/mol. The summed E-state index contributed by atoms with van der Waals surface area (Å²) in [4.78, 5) is 12.8. The highest BCUT2D eigenvalue weighted by molar-refractivity contribution is 7.09. The van der Waals surface area contributed by atoms with Gasteiger partial charge in [-0.3, -0.25) is 0 Å². The first-order valence-corrected chi connectivity index (χ1v) is 7.19. The van der Waals surface area contributed by atoms with Crippen molar-refractivity contribution in [2.45, 2.75) is 27.0 Å². The highest BCUT2D eigenvalue weighted by Crippen LogP contribution is 2.14. The Labute approximate surface area is 121 Å². The van der Waals surface area contributed by atoms with Crippen LogP contribution in [0.3, 0.4) is 0 Å². The average Bonchev–Trinajstić information content (AvgIpc) is 2.79. The minimum atomic E-state index is 0.363. The van der Waals surface area contributed by atoms with Gasteiger partial charge < -0.3 is 10.1 Å². The summed E-state index contributed by atoms with van der Waals surface area (Å²) in [6, 6.07) is 1.69. The van der Waals surface area contributed by atoms with Gasteiger partial charge in [0.25, 0.3) is 0 Å². The molecule has 0 spiro atoms. The van der Waals surface area contributed by atoms with Gasteiger partial charge in [-0.15, -0.1) is 11.3 Å². The van der Waals surface area contributed by atoms with E-state index in [1.807, 2.05) is 19.2 Å².